The monoisotopic (exact) mass is 280 g/mol. The third-order valence-corrected chi connectivity index (χ3v) is 3.54. The van der Waals surface area contributed by atoms with Crippen LogP contribution >= 0.6 is 0 Å². The fourth-order valence-electron chi connectivity index (χ4n) is 2.40. The molecule has 0 radical (unpaired) electrons. The van der Waals surface area contributed by atoms with E-state index in [1.807, 2.05) is 30.5 Å². The predicted octanol–water partition coefficient (Wildman–Crippen LogP) is 5.41. The summed E-state index contributed by atoms with van der Waals surface area (Å²) in [6, 6.07) is 12.5. The molecule has 2 heteroatoms. The van der Waals surface area contributed by atoms with Crippen LogP contribution in [0.5, 0.6) is 0 Å². The predicted molar refractivity (Wildman–Crippen MR) is 91.5 cm³/mol. The van der Waals surface area contributed by atoms with E-state index in [0.717, 1.165) is 5.69 Å². The highest BCUT2D eigenvalue weighted by Gasteiger charge is 2.12. The molecule has 0 unspecified atom stereocenters. The molecule has 2 rings (SSSR count). The summed E-state index contributed by atoms with van der Waals surface area (Å²) in [7, 11) is 0. The van der Waals surface area contributed by atoms with Crippen molar-refractivity contribution in [1.82, 2.24) is 4.98 Å². The van der Waals surface area contributed by atoms with E-state index in [4.69, 9.17) is 0 Å². The van der Waals surface area contributed by atoms with Crippen molar-refractivity contribution in [3.05, 3.63) is 65.6 Å². The second-order valence-corrected chi connectivity index (χ2v) is 5.85. The molecule has 0 fully saturated rings. The topological polar surface area (TPSA) is 24.9 Å². The van der Waals surface area contributed by atoms with E-state index in [-0.39, 0.29) is 0 Å². The summed E-state index contributed by atoms with van der Waals surface area (Å²) in [5.41, 5.74) is 4.89. The largest absolute Gasteiger partial charge is 0.361 e. The Labute approximate surface area is 127 Å². The highest BCUT2D eigenvalue weighted by atomic mass is 14.9. The summed E-state index contributed by atoms with van der Waals surface area (Å²) in [6.07, 6.45) is 5.79. The van der Waals surface area contributed by atoms with Crippen LogP contribution in [-0.4, -0.2) is 4.98 Å². The van der Waals surface area contributed by atoms with Crippen molar-refractivity contribution in [2.75, 3.05) is 5.32 Å². The Kier molecular flexibility index (Phi) is 5.15. The van der Waals surface area contributed by atoms with E-state index < -0.39 is 0 Å². The van der Waals surface area contributed by atoms with E-state index >= 15 is 0 Å². The van der Waals surface area contributed by atoms with E-state index in [0.29, 0.717) is 11.8 Å². The van der Waals surface area contributed by atoms with Crippen molar-refractivity contribution in [3.8, 4) is 0 Å². The lowest BCUT2D eigenvalue weighted by Crippen LogP contribution is -2.02. The first-order chi connectivity index (χ1) is 10.1. The number of rotatable bonds is 5. The molecule has 21 heavy (non-hydrogen) atoms. The second kappa shape index (κ2) is 7.07. The van der Waals surface area contributed by atoms with Gasteiger partial charge in [-0.05, 0) is 41.2 Å². The molecular formula is C19H24N2. The first-order valence-corrected chi connectivity index (χ1v) is 7.56. The fraction of sp³-hybridized carbons (Fsp3) is 0.316. The van der Waals surface area contributed by atoms with Gasteiger partial charge in [-0.3, -0.25) is 4.98 Å². The van der Waals surface area contributed by atoms with Crippen LogP contribution in [-0.2, 0) is 0 Å². The summed E-state index contributed by atoms with van der Waals surface area (Å²) in [5, 5.41) is 3.47. The minimum Gasteiger partial charge on any atom is -0.361 e. The quantitative estimate of drug-likeness (QED) is 0.792. The van der Waals surface area contributed by atoms with Gasteiger partial charge in [0.05, 0.1) is 5.69 Å². The van der Waals surface area contributed by atoms with Crippen molar-refractivity contribution >= 4 is 11.8 Å². The van der Waals surface area contributed by atoms with E-state index in [1.165, 1.54) is 16.8 Å². The normalized spacial score (nSPS) is 11.5. The van der Waals surface area contributed by atoms with Gasteiger partial charge in [0.2, 0.25) is 0 Å². The number of nitrogens with zero attached hydrogens (tertiary/aromatic N) is 1. The Hall–Kier alpha value is -2.09. The Morgan fingerprint density at radius 3 is 2.10 bits per heavy atom. The molecule has 0 aliphatic heterocycles. The standard InChI is InChI=1S/C19H24N2/c1-14(2)17-9-7-10-18(15(3)4)19(17)21-13-11-16-8-5-6-12-20-16/h5-15,21H,1-4H3/b13-11-. The molecule has 2 aromatic rings. The zero-order chi connectivity index (χ0) is 15.2. The van der Waals surface area contributed by atoms with Crippen molar-refractivity contribution in [2.24, 2.45) is 0 Å². The summed E-state index contributed by atoms with van der Waals surface area (Å²) in [5.74, 6) is 0.990. The molecule has 1 heterocycles. The Morgan fingerprint density at radius 2 is 1.57 bits per heavy atom. The number of aromatic nitrogens is 1. The second-order valence-electron chi connectivity index (χ2n) is 5.85. The van der Waals surface area contributed by atoms with Crippen LogP contribution in [0.1, 0.15) is 56.4 Å². The van der Waals surface area contributed by atoms with Crippen LogP contribution in [0, 0.1) is 0 Å². The molecule has 0 bridgehead atoms. The van der Waals surface area contributed by atoms with Crippen molar-refractivity contribution < 1.29 is 0 Å². The Bertz CT molecular complexity index is 572. The Morgan fingerprint density at radius 1 is 0.905 bits per heavy atom. The molecule has 110 valence electrons. The first kappa shape index (κ1) is 15.3. The highest BCUT2D eigenvalue weighted by molar-refractivity contribution is 5.63. The summed E-state index contributed by atoms with van der Waals surface area (Å²) in [4.78, 5) is 4.30. The van der Waals surface area contributed by atoms with Crippen LogP contribution in [0.2, 0.25) is 0 Å². The van der Waals surface area contributed by atoms with Gasteiger partial charge in [-0.25, -0.2) is 0 Å². The summed E-state index contributed by atoms with van der Waals surface area (Å²) < 4.78 is 0. The lowest BCUT2D eigenvalue weighted by molar-refractivity contribution is 0.838. The van der Waals surface area contributed by atoms with E-state index in [9.17, 15) is 0 Å². The van der Waals surface area contributed by atoms with Gasteiger partial charge in [0.15, 0.2) is 0 Å². The number of para-hydroxylation sites is 1. The molecule has 0 aliphatic carbocycles. The number of hydrogen-bond acceptors (Lipinski definition) is 2. The number of pyridine rings is 1. The van der Waals surface area contributed by atoms with Gasteiger partial charge < -0.3 is 5.32 Å². The molecule has 0 saturated carbocycles. The molecule has 1 aromatic carbocycles. The number of hydrogen-bond donors (Lipinski definition) is 1. The summed E-state index contributed by atoms with van der Waals surface area (Å²) in [6.45, 7) is 8.92. The minimum atomic E-state index is 0.495. The van der Waals surface area contributed by atoms with Crippen LogP contribution < -0.4 is 5.32 Å². The van der Waals surface area contributed by atoms with Crippen LogP contribution in [0.3, 0.4) is 0 Å². The fourth-order valence-corrected chi connectivity index (χ4v) is 2.40. The van der Waals surface area contributed by atoms with E-state index in [2.05, 4.69) is 56.2 Å². The SMILES string of the molecule is CC(C)c1cccc(C(C)C)c1N/C=C\c1ccccn1. The molecule has 0 saturated heterocycles. The molecular weight excluding hydrogens is 256 g/mol. The molecule has 0 aliphatic rings. The van der Waals surface area contributed by atoms with Gasteiger partial charge in [0, 0.05) is 18.1 Å². The highest BCUT2D eigenvalue weighted by Crippen LogP contribution is 2.32. The van der Waals surface area contributed by atoms with Crippen LogP contribution in [0.25, 0.3) is 6.08 Å². The number of nitrogens with one attached hydrogen (secondary N) is 1. The smallest absolute Gasteiger partial charge is 0.0644 e. The van der Waals surface area contributed by atoms with Crippen molar-refractivity contribution in [1.29, 1.82) is 0 Å². The lowest BCUT2D eigenvalue weighted by Gasteiger charge is -2.19. The third-order valence-electron chi connectivity index (χ3n) is 3.54. The first-order valence-electron chi connectivity index (χ1n) is 7.56. The average Bonchev–Trinajstić information content (AvgIpc) is 2.48. The van der Waals surface area contributed by atoms with Gasteiger partial charge >= 0.3 is 0 Å². The Balaban J connectivity index is 2.27. The number of anilines is 1. The summed E-state index contributed by atoms with van der Waals surface area (Å²) >= 11 is 0. The molecule has 0 spiro atoms. The van der Waals surface area contributed by atoms with Crippen molar-refractivity contribution in [3.63, 3.8) is 0 Å². The van der Waals surface area contributed by atoms with Gasteiger partial charge in [-0.15, -0.1) is 0 Å². The van der Waals surface area contributed by atoms with Crippen molar-refractivity contribution in [2.45, 2.75) is 39.5 Å². The molecule has 0 amide bonds. The van der Waals surface area contributed by atoms with Gasteiger partial charge in [0.25, 0.3) is 0 Å². The zero-order valence-corrected chi connectivity index (χ0v) is 13.3. The van der Waals surface area contributed by atoms with Gasteiger partial charge in [-0.2, -0.15) is 0 Å². The third kappa shape index (κ3) is 3.94. The maximum Gasteiger partial charge on any atom is 0.0644 e. The molecule has 1 N–H and O–H groups in total. The number of benzene rings is 1. The van der Waals surface area contributed by atoms with Gasteiger partial charge in [0.1, 0.15) is 0 Å². The maximum absolute atomic E-state index is 4.30. The lowest BCUT2D eigenvalue weighted by atomic mass is 9.93. The van der Waals surface area contributed by atoms with E-state index in [1.54, 1.807) is 6.20 Å². The maximum atomic E-state index is 4.30. The minimum absolute atomic E-state index is 0.495. The molecule has 1 aromatic heterocycles. The molecule has 0 atom stereocenters. The zero-order valence-electron chi connectivity index (χ0n) is 13.3. The van der Waals surface area contributed by atoms with Gasteiger partial charge in [-0.1, -0.05) is 52.0 Å². The molecule has 2 nitrogen and oxygen atoms in total. The average molecular weight is 280 g/mol. The van der Waals surface area contributed by atoms with Crippen LogP contribution in [0.15, 0.2) is 48.8 Å². The van der Waals surface area contributed by atoms with Crippen LogP contribution in [0.4, 0.5) is 5.69 Å².